The van der Waals surface area contributed by atoms with Crippen LogP contribution < -0.4 is 0 Å². The van der Waals surface area contributed by atoms with Gasteiger partial charge in [0.1, 0.15) is 0 Å². The molecule has 21 heavy (non-hydrogen) atoms. The van der Waals surface area contributed by atoms with E-state index in [2.05, 4.69) is 66.1 Å². The van der Waals surface area contributed by atoms with Gasteiger partial charge in [0.2, 0.25) is 0 Å². The van der Waals surface area contributed by atoms with Gasteiger partial charge in [-0.05, 0) is 42.2 Å². The summed E-state index contributed by atoms with van der Waals surface area (Å²) in [4.78, 5) is 0. The SMILES string of the molecule is C=C[C@H]1C2=C([C@@H]([Si](C)(C)C)C[C@H]1C)C(C)(C)CC2(C)C#N. The lowest BCUT2D eigenvalue weighted by Crippen LogP contribution is -2.38. The molecule has 0 saturated heterocycles. The van der Waals surface area contributed by atoms with Crippen LogP contribution in [0.5, 0.6) is 0 Å². The molecule has 2 heteroatoms. The van der Waals surface area contributed by atoms with Crippen molar-refractivity contribution in [2.45, 2.75) is 65.7 Å². The molecule has 0 aliphatic heterocycles. The Kier molecular flexibility index (Phi) is 3.82. The summed E-state index contributed by atoms with van der Waals surface area (Å²) in [6, 6.07) is 2.66. The third kappa shape index (κ3) is 2.44. The minimum Gasteiger partial charge on any atom is -0.197 e. The average Bonchev–Trinajstić information content (AvgIpc) is 2.55. The van der Waals surface area contributed by atoms with Crippen LogP contribution in [-0.4, -0.2) is 8.07 Å². The first kappa shape index (κ1) is 16.6. The van der Waals surface area contributed by atoms with Gasteiger partial charge >= 0.3 is 0 Å². The van der Waals surface area contributed by atoms with Crippen LogP contribution in [-0.2, 0) is 0 Å². The highest BCUT2D eigenvalue weighted by Gasteiger charge is 2.55. The number of hydrogen-bond acceptors (Lipinski definition) is 1. The molecule has 0 spiro atoms. The molecule has 1 nitrogen and oxygen atoms in total. The molecule has 2 aliphatic carbocycles. The smallest absolute Gasteiger partial charge is 0.0771 e. The maximum atomic E-state index is 9.88. The molecule has 0 saturated carbocycles. The van der Waals surface area contributed by atoms with E-state index in [1.54, 1.807) is 5.57 Å². The van der Waals surface area contributed by atoms with Crippen molar-refractivity contribution in [1.29, 1.82) is 5.26 Å². The topological polar surface area (TPSA) is 23.8 Å². The fourth-order valence-corrected chi connectivity index (χ4v) is 7.59. The van der Waals surface area contributed by atoms with Gasteiger partial charge in [0.15, 0.2) is 0 Å². The van der Waals surface area contributed by atoms with Crippen molar-refractivity contribution in [3.8, 4) is 6.07 Å². The zero-order valence-electron chi connectivity index (χ0n) is 14.9. The predicted molar refractivity (Wildman–Crippen MR) is 93.7 cm³/mol. The van der Waals surface area contributed by atoms with Crippen LogP contribution in [0.25, 0.3) is 0 Å². The molecule has 4 atom stereocenters. The van der Waals surface area contributed by atoms with Crippen molar-refractivity contribution >= 4 is 8.07 Å². The van der Waals surface area contributed by atoms with Crippen LogP contribution in [0.1, 0.15) is 40.5 Å². The number of allylic oxidation sites excluding steroid dienone is 3. The van der Waals surface area contributed by atoms with E-state index in [-0.39, 0.29) is 10.8 Å². The van der Waals surface area contributed by atoms with E-state index in [0.29, 0.717) is 17.4 Å². The minimum absolute atomic E-state index is 0.159. The highest BCUT2D eigenvalue weighted by Crippen LogP contribution is 2.64. The summed E-state index contributed by atoms with van der Waals surface area (Å²) in [6.07, 6.45) is 4.35. The Morgan fingerprint density at radius 2 is 1.81 bits per heavy atom. The Morgan fingerprint density at radius 3 is 2.24 bits per heavy atom. The average molecular weight is 302 g/mol. The van der Waals surface area contributed by atoms with E-state index in [4.69, 9.17) is 0 Å². The largest absolute Gasteiger partial charge is 0.197 e. The van der Waals surface area contributed by atoms with E-state index in [1.165, 1.54) is 12.0 Å². The molecule has 0 radical (unpaired) electrons. The Bertz CT molecular complexity index is 529. The van der Waals surface area contributed by atoms with Crippen LogP contribution in [0.15, 0.2) is 23.8 Å². The third-order valence-electron chi connectivity index (χ3n) is 5.86. The van der Waals surface area contributed by atoms with Gasteiger partial charge in [-0.25, -0.2) is 0 Å². The Hall–Kier alpha value is -0.813. The maximum absolute atomic E-state index is 9.88. The van der Waals surface area contributed by atoms with Crippen molar-refractivity contribution in [3.05, 3.63) is 23.8 Å². The van der Waals surface area contributed by atoms with Gasteiger partial charge < -0.3 is 0 Å². The van der Waals surface area contributed by atoms with E-state index in [9.17, 15) is 5.26 Å². The first-order valence-corrected chi connectivity index (χ1v) is 11.8. The van der Waals surface area contributed by atoms with Crippen molar-refractivity contribution in [2.24, 2.45) is 22.7 Å². The quantitative estimate of drug-likeness (QED) is 0.467. The Labute approximate surface area is 132 Å². The minimum atomic E-state index is -1.29. The van der Waals surface area contributed by atoms with Crippen LogP contribution in [0.2, 0.25) is 25.2 Å². The van der Waals surface area contributed by atoms with Crippen LogP contribution in [0.3, 0.4) is 0 Å². The van der Waals surface area contributed by atoms with Gasteiger partial charge in [0, 0.05) is 5.92 Å². The molecule has 0 aromatic heterocycles. The first-order valence-electron chi connectivity index (χ1n) is 8.27. The number of hydrogen-bond donors (Lipinski definition) is 0. The lowest BCUT2D eigenvalue weighted by molar-refractivity contribution is 0.344. The molecule has 0 aromatic carbocycles. The Balaban J connectivity index is 2.74. The first-order chi connectivity index (χ1) is 9.48. The normalized spacial score (nSPS) is 38.9. The van der Waals surface area contributed by atoms with Crippen molar-refractivity contribution in [2.75, 3.05) is 0 Å². The maximum Gasteiger partial charge on any atom is 0.0771 e. The van der Waals surface area contributed by atoms with Gasteiger partial charge in [-0.1, -0.05) is 52.1 Å². The number of rotatable bonds is 2. The van der Waals surface area contributed by atoms with E-state index in [0.717, 1.165) is 6.42 Å². The molecular weight excluding hydrogens is 270 g/mol. The number of nitrogens with zero attached hydrogens (tertiary/aromatic N) is 1. The number of nitriles is 1. The summed E-state index contributed by atoms with van der Waals surface area (Å²) < 4.78 is 0. The molecule has 0 fully saturated rings. The molecule has 0 amide bonds. The molecule has 116 valence electrons. The lowest BCUT2D eigenvalue weighted by atomic mass is 9.69. The summed E-state index contributed by atoms with van der Waals surface area (Å²) in [6.45, 7) is 20.8. The van der Waals surface area contributed by atoms with Gasteiger partial charge in [-0.2, -0.15) is 5.26 Å². The molecule has 1 unspecified atom stereocenters. The van der Waals surface area contributed by atoms with Gasteiger partial charge in [0.25, 0.3) is 0 Å². The molecule has 2 rings (SSSR count). The monoisotopic (exact) mass is 301 g/mol. The second-order valence-electron chi connectivity index (χ2n) is 9.23. The van der Waals surface area contributed by atoms with E-state index < -0.39 is 8.07 Å². The summed E-state index contributed by atoms with van der Waals surface area (Å²) in [5.74, 6) is 0.999. The van der Waals surface area contributed by atoms with Gasteiger partial charge in [-0.15, -0.1) is 6.58 Å². The highest BCUT2D eigenvalue weighted by molar-refractivity contribution is 6.78. The Morgan fingerprint density at radius 1 is 1.24 bits per heavy atom. The summed E-state index contributed by atoms with van der Waals surface area (Å²) in [5, 5.41) is 9.88. The molecule has 2 aliphatic rings. The molecule has 0 heterocycles. The fraction of sp³-hybridized carbons (Fsp3) is 0.737. The zero-order valence-corrected chi connectivity index (χ0v) is 15.9. The van der Waals surface area contributed by atoms with Crippen molar-refractivity contribution in [1.82, 2.24) is 0 Å². The van der Waals surface area contributed by atoms with Crippen molar-refractivity contribution in [3.63, 3.8) is 0 Å². The fourth-order valence-electron chi connectivity index (χ4n) is 5.10. The second kappa shape index (κ2) is 4.85. The molecule has 0 N–H and O–H groups in total. The molecule has 0 aromatic rings. The second-order valence-corrected chi connectivity index (χ2v) is 14.7. The van der Waals surface area contributed by atoms with Crippen LogP contribution >= 0.6 is 0 Å². The van der Waals surface area contributed by atoms with Crippen LogP contribution in [0, 0.1) is 34.0 Å². The molecular formula is C19H31NSi. The third-order valence-corrected chi connectivity index (χ3v) is 8.47. The predicted octanol–water partition coefficient (Wildman–Crippen LogP) is 5.79. The standard InChI is InChI=1S/C19H31NSi/c1-9-14-13(2)10-15(21(6,7)8)17-16(14)19(5,12-20)11-18(17,3)4/h9,13-15H,1,10-11H2,2-8H3/t13-,14-,15+,19?/m1/s1. The zero-order chi connectivity index (χ0) is 16.2. The molecule has 0 bridgehead atoms. The summed E-state index contributed by atoms with van der Waals surface area (Å²) in [7, 11) is -1.29. The highest BCUT2D eigenvalue weighted by atomic mass is 28.3. The summed E-state index contributed by atoms with van der Waals surface area (Å²) >= 11 is 0. The van der Waals surface area contributed by atoms with Crippen LogP contribution in [0.4, 0.5) is 0 Å². The van der Waals surface area contributed by atoms with E-state index in [1.807, 2.05) is 0 Å². The van der Waals surface area contributed by atoms with Crippen molar-refractivity contribution < 1.29 is 0 Å². The lowest BCUT2D eigenvalue weighted by Gasteiger charge is -2.45. The van der Waals surface area contributed by atoms with Gasteiger partial charge in [-0.3, -0.25) is 0 Å². The van der Waals surface area contributed by atoms with Gasteiger partial charge in [0.05, 0.1) is 19.6 Å². The summed E-state index contributed by atoms with van der Waals surface area (Å²) in [5.41, 5.74) is 3.64. The van der Waals surface area contributed by atoms with E-state index >= 15 is 0 Å².